The van der Waals surface area contributed by atoms with Crippen LogP contribution in [0.2, 0.25) is 0 Å². The lowest BCUT2D eigenvalue weighted by Gasteiger charge is -2.28. The van der Waals surface area contributed by atoms with Gasteiger partial charge in [-0.3, -0.25) is 4.79 Å². The zero-order valence-corrected chi connectivity index (χ0v) is 8.65. The lowest BCUT2D eigenvalue weighted by Crippen LogP contribution is -2.38. The lowest BCUT2D eigenvalue weighted by atomic mass is 9.99. The number of amides is 1. The minimum Gasteiger partial charge on any atom is -0.396 e. The molecular formula is C12H15NO2. The summed E-state index contributed by atoms with van der Waals surface area (Å²) >= 11 is 0. The first kappa shape index (κ1) is 10.2. The first-order chi connectivity index (χ1) is 7.33. The van der Waals surface area contributed by atoms with Crippen LogP contribution >= 0.6 is 0 Å². The minimum atomic E-state index is 0.102. The van der Waals surface area contributed by atoms with Crippen LogP contribution in [0.3, 0.4) is 0 Å². The number of fused-ring (bicyclic) bond motifs is 1. The van der Waals surface area contributed by atoms with E-state index in [0.717, 1.165) is 24.1 Å². The summed E-state index contributed by atoms with van der Waals surface area (Å²) in [5, 5.41) is 8.74. The fourth-order valence-electron chi connectivity index (χ4n) is 1.95. The van der Waals surface area contributed by atoms with Crippen molar-refractivity contribution in [1.82, 2.24) is 4.90 Å². The molecule has 80 valence electrons. The van der Waals surface area contributed by atoms with Gasteiger partial charge in [0.1, 0.15) is 0 Å². The number of carbonyl (C=O) groups is 1. The third-order valence-electron chi connectivity index (χ3n) is 2.77. The van der Waals surface area contributed by atoms with Gasteiger partial charge in [-0.2, -0.15) is 0 Å². The van der Waals surface area contributed by atoms with Gasteiger partial charge < -0.3 is 10.0 Å². The summed E-state index contributed by atoms with van der Waals surface area (Å²) in [7, 11) is 0. The molecule has 0 aliphatic carbocycles. The van der Waals surface area contributed by atoms with E-state index in [2.05, 4.69) is 0 Å². The Morgan fingerprint density at radius 2 is 2.13 bits per heavy atom. The molecule has 0 saturated heterocycles. The number of aliphatic hydroxyl groups is 1. The highest BCUT2D eigenvalue weighted by atomic mass is 16.3. The van der Waals surface area contributed by atoms with Crippen molar-refractivity contribution >= 4 is 5.91 Å². The third kappa shape index (κ3) is 2.02. The first-order valence-corrected chi connectivity index (χ1v) is 5.31. The molecule has 0 bridgehead atoms. The van der Waals surface area contributed by atoms with Gasteiger partial charge in [-0.25, -0.2) is 0 Å². The quantitative estimate of drug-likeness (QED) is 0.801. The third-order valence-corrected chi connectivity index (χ3v) is 2.77. The predicted octanol–water partition coefficient (Wildman–Crippen LogP) is 1.07. The molecule has 1 heterocycles. The second kappa shape index (κ2) is 4.45. The van der Waals surface area contributed by atoms with Crippen molar-refractivity contribution in [2.45, 2.75) is 12.8 Å². The van der Waals surface area contributed by atoms with Crippen LogP contribution in [0.25, 0.3) is 0 Å². The van der Waals surface area contributed by atoms with E-state index in [1.54, 1.807) is 0 Å². The number of aliphatic hydroxyl groups excluding tert-OH is 1. The monoisotopic (exact) mass is 205 g/mol. The zero-order valence-electron chi connectivity index (χ0n) is 8.65. The summed E-state index contributed by atoms with van der Waals surface area (Å²) in [5.41, 5.74) is 1.96. The van der Waals surface area contributed by atoms with Gasteiger partial charge in [-0.15, -0.1) is 0 Å². The van der Waals surface area contributed by atoms with Gasteiger partial charge in [0.2, 0.25) is 0 Å². The maximum Gasteiger partial charge on any atom is 0.254 e. The normalized spacial score (nSPS) is 15.3. The van der Waals surface area contributed by atoms with Gasteiger partial charge in [-0.1, -0.05) is 18.2 Å². The van der Waals surface area contributed by atoms with Gasteiger partial charge >= 0.3 is 0 Å². The van der Waals surface area contributed by atoms with Crippen molar-refractivity contribution in [2.75, 3.05) is 19.7 Å². The summed E-state index contributed by atoms with van der Waals surface area (Å²) in [6, 6.07) is 7.75. The van der Waals surface area contributed by atoms with Crippen molar-refractivity contribution < 1.29 is 9.90 Å². The van der Waals surface area contributed by atoms with Crippen LogP contribution < -0.4 is 0 Å². The SMILES string of the molecule is O=C1c2ccccc2CCN1CCCO. The van der Waals surface area contributed by atoms with Crippen LogP contribution in [0.1, 0.15) is 22.3 Å². The number of hydrogen-bond donors (Lipinski definition) is 1. The number of nitrogens with zero attached hydrogens (tertiary/aromatic N) is 1. The Balaban J connectivity index is 2.15. The van der Waals surface area contributed by atoms with Gasteiger partial charge in [-0.05, 0) is 24.5 Å². The smallest absolute Gasteiger partial charge is 0.254 e. The fraction of sp³-hybridized carbons (Fsp3) is 0.417. The van der Waals surface area contributed by atoms with Gasteiger partial charge in [0, 0.05) is 25.3 Å². The molecule has 1 aliphatic heterocycles. The van der Waals surface area contributed by atoms with Crippen LogP contribution in [-0.2, 0) is 6.42 Å². The van der Waals surface area contributed by atoms with E-state index in [1.807, 2.05) is 29.2 Å². The molecule has 1 aromatic carbocycles. The molecule has 1 amide bonds. The molecule has 0 atom stereocenters. The molecule has 0 unspecified atom stereocenters. The lowest BCUT2D eigenvalue weighted by molar-refractivity contribution is 0.0729. The molecular weight excluding hydrogens is 190 g/mol. The van der Waals surface area contributed by atoms with Crippen LogP contribution in [0, 0.1) is 0 Å². The second-order valence-corrected chi connectivity index (χ2v) is 3.78. The maximum absolute atomic E-state index is 12.0. The molecule has 1 aromatic rings. The van der Waals surface area contributed by atoms with Crippen molar-refractivity contribution in [3.8, 4) is 0 Å². The van der Waals surface area contributed by atoms with E-state index in [0.29, 0.717) is 13.0 Å². The van der Waals surface area contributed by atoms with Crippen molar-refractivity contribution in [3.63, 3.8) is 0 Å². The summed E-state index contributed by atoms with van der Waals surface area (Å²) in [5.74, 6) is 0.102. The van der Waals surface area contributed by atoms with E-state index in [1.165, 1.54) is 0 Å². The average molecular weight is 205 g/mol. The number of benzene rings is 1. The molecule has 3 heteroatoms. The van der Waals surface area contributed by atoms with Crippen LogP contribution in [0.15, 0.2) is 24.3 Å². The van der Waals surface area contributed by atoms with Crippen LogP contribution in [0.5, 0.6) is 0 Å². The van der Waals surface area contributed by atoms with E-state index in [9.17, 15) is 4.79 Å². The predicted molar refractivity (Wildman–Crippen MR) is 57.8 cm³/mol. The molecule has 0 aromatic heterocycles. The largest absolute Gasteiger partial charge is 0.396 e. The Kier molecular flexibility index (Phi) is 3.02. The van der Waals surface area contributed by atoms with Gasteiger partial charge in [0.05, 0.1) is 0 Å². The second-order valence-electron chi connectivity index (χ2n) is 3.78. The maximum atomic E-state index is 12.0. The first-order valence-electron chi connectivity index (χ1n) is 5.31. The van der Waals surface area contributed by atoms with Crippen molar-refractivity contribution in [3.05, 3.63) is 35.4 Å². The molecule has 0 spiro atoms. The topological polar surface area (TPSA) is 40.5 Å². The minimum absolute atomic E-state index is 0.102. The summed E-state index contributed by atoms with van der Waals surface area (Å²) in [6.07, 6.45) is 1.58. The highest BCUT2D eigenvalue weighted by Gasteiger charge is 2.22. The number of rotatable bonds is 3. The summed E-state index contributed by atoms with van der Waals surface area (Å²) < 4.78 is 0. The molecule has 1 aliphatic rings. The van der Waals surface area contributed by atoms with E-state index in [-0.39, 0.29) is 12.5 Å². The van der Waals surface area contributed by atoms with Gasteiger partial charge in [0.25, 0.3) is 5.91 Å². The average Bonchev–Trinajstić information content (AvgIpc) is 2.29. The molecule has 1 N–H and O–H groups in total. The van der Waals surface area contributed by atoms with Crippen LogP contribution in [-0.4, -0.2) is 35.6 Å². The van der Waals surface area contributed by atoms with E-state index in [4.69, 9.17) is 5.11 Å². The van der Waals surface area contributed by atoms with E-state index < -0.39 is 0 Å². The molecule has 0 saturated carbocycles. The van der Waals surface area contributed by atoms with Crippen LogP contribution in [0.4, 0.5) is 0 Å². The molecule has 15 heavy (non-hydrogen) atoms. The van der Waals surface area contributed by atoms with Crippen molar-refractivity contribution in [1.29, 1.82) is 0 Å². The molecule has 0 radical (unpaired) electrons. The fourth-order valence-corrected chi connectivity index (χ4v) is 1.95. The van der Waals surface area contributed by atoms with Gasteiger partial charge in [0.15, 0.2) is 0 Å². The Labute approximate surface area is 89.3 Å². The van der Waals surface area contributed by atoms with Crippen molar-refractivity contribution in [2.24, 2.45) is 0 Å². The Morgan fingerprint density at radius 1 is 1.33 bits per heavy atom. The molecule has 3 nitrogen and oxygen atoms in total. The summed E-state index contributed by atoms with van der Waals surface area (Å²) in [6.45, 7) is 1.57. The Hall–Kier alpha value is -1.35. The number of hydrogen-bond acceptors (Lipinski definition) is 2. The zero-order chi connectivity index (χ0) is 10.7. The Bertz CT molecular complexity index is 362. The molecule has 2 rings (SSSR count). The molecule has 0 fully saturated rings. The number of carbonyl (C=O) groups excluding carboxylic acids is 1. The van der Waals surface area contributed by atoms with E-state index >= 15 is 0 Å². The standard InChI is InChI=1S/C12H15NO2/c14-9-3-7-13-8-6-10-4-1-2-5-11(10)12(13)15/h1-2,4-5,14H,3,6-9H2. The highest BCUT2D eigenvalue weighted by molar-refractivity contribution is 5.96. The summed E-state index contributed by atoms with van der Waals surface area (Å²) in [4.78, 5) is 13.8. The highest BCUT2D eigenvalue weighted by Crippen LogP contribution is 2.18. The Morgan fingerprint density at radius 3 is 2.93 bits per heavy atom.